The van der Waals surface area contributed by atoms with E-state index in [9.17, 15) is 31.4 Å². The Labute approximate surface area is 109 Å². The third kappa shape index (κ3) is 2.49. The summed E-state index contributed by atoms with van der Waals surface area (Å²) in [7, 11) is 0. The van der Waals surface area contributed by atoms with Crippen LogP contribution in [0.5, 0.6) is 0 Å². The molecule has 2 rings (SSSR count). The number of hydrogen-bond acceptors (Lipinski definition) is 1. The molecule has 2 aromatic rings. The maximum atomic E-state index is 13.4. The van der Waals surface area contributed by atoms with Gasteiger partial charge in [-0.05, 0) is 0 Å². The van der Waals surface area contributed by atoms with E-state index in [1.165, 1.54) is 0 Å². The standard InChI is InChI=1S/C13H6F6O/c14-5-1-7(16)11(8(17)2-5)13(20)12-9(18)3-6(15)4-10(12)19/h1-4,13,20H. The molecular weight excluding hydrogens is 286 g/mol. The number of benzene rings is 2. The van der Waals surface area contributed by atoms with Gasteiger partial charge in [0.05, 0.1) is 11.1 Å². The van der Waals surface area contributed by atoms with Gasteiger partial charge >= 0.3 is 0 Å². The maximum absolute atomic E-state index is 13.4. The Morgan fingerprint density at radius 3 is 1.10 bits per heavy atom. The van der Waals surface area contributed by atoms with Crippen LogP contribution in [-0.4, -0.2) is 5.11 Å². The minimum Gasteiger partial charge on any atom is -0.383 e. The number of hydrogen-bond donors (Lipinski definition) is 1. The predicted molar refractivity (Wildman–Crippen MR) is 56.7 cm³/mol. The predicted octanol–water partition coefficient (Wildman–Crippen LogP) is 3.60. The summed E-state index contributed by atoms with van der Waals surface area (Å²) in [6, 6.07) is 1.00. The first kappa shape index (κ1) is 14.4. The van der Waals surface area contributed by atoms with Crippen LogP contribution in [0.3, 0.4) is 0 Å². The maximum Gasteiger partial charge on any atom is 0.135 e. The lowest BCUT2D eigenvalue weighted by Gasteiger charge is -2.15. The van der Waals surface area contributed by atoms with Crippen LogP contribution in [0.15, 0.2) is 24.3 Å². The third-order valence-electron chi connectivity index (χ3n) is 2.63. The van der Waals surface area contributed by atoms with E-state index < -0.39 is 52.1 Å². The number of aliphatic hydroxyl groups excluding tert-OH is 1. The number of aliphatic hydroxyl groups is 1. The van der Waals surface area contributed by atoms with Crippen LogP contribution in [0.2, 0.25) is 0 Å². The van der Waals surface area contributed by atoms with Crippen LogP contribution < -0.4 is 0 Å². The van der Waals surface area contributed by atoms with E-state index in [0.29, 0.717) is 0 Å². The zero-order chi connectivity index (χ0) is 15.0. The molecule has 0 spiro atoms. The summed E-state index contributed by atoms with van der Waals surface area (Å²) in [4.78, 5) is 0. The molecule has 0 heterocycles. The van der Waals surface area contributed by atoms with Crippen LogP contribution >= 0.6 is 0 Å². The minimum absolute atomic E-state index is 0.251. The molecule has 1 nitrogen and oxygen atoms in total. The van der Waals surface area contributed by atoms with Crippen molar-refractivity contribution in [2.24, 2.45) is 0 Å². The van der Waals surface area contributed by atoms with Crippen LogP contribution in [-0.2, 0) is 0 Å². The Balaban J connectivity index is 2.61. The second-order valence-electron chi connectivity index (χ2n) is 3.97. The van der Waals surface area contributed by atoms with Crippen molar-refractivity contribution in [1.82, 2.24) is 0 Å². The molecule has 7 heteroatoms. The Morgan fingerprint density at radius 1 is 0.600 bits per heavy atom. The van der Waals surface area contributed by atoms with Crippen molar-refractivity contribution < 1.29 is 31.4 Å². The average molecular weight is 292 g/mol. The summed E-state index contributed by atoms with van der Waals surface area (Å²) in [5, 5.41) is 9.69. The van der Waals surface area contributed by atoms with E-state index in [0.717, 1.165) is 0 Å². The molecule has 2 aromatic carbocycles. The van der Waals surface area contributed by atoms with Gasteiger partial charge in [-0.25, -0.2) is 26.3 Å². The van der Waals surface area contributed by atoms with Crippen molar-refractivity contribution in [3.05, 3.63) is 70.3 Å². The summed E-state index contributed by atoms with van der Waals surface area (Å²) < 4.78 is 79.2. The second-order valence-corrected chi connectivity index (χ2v) is 3.97. The van der Waals surface area contributed by atoms with Gasteiger partial charge in [0.25, 0.3) is 0 Å². The molecule has 0 radical (unpaired) electrons. The molecule has 0 aliphatic heterocycles. The topological polar surface area (TPSA) is 20.2 Å². The summed E-state index contributed by atoms with van der Waals surface area (Å²) >= 11 is 0. The van der Waals surface area contributed by atoms with Crippen molar-refractivity contribution in [1.29, 1.82) is 0 Å². The fourth-order valence-electron chi connectivity index (χ4n) is 1.77. The zero-order valence-electron chi connectivity index (χ0n) is 9.60. The molecule has 0 aliphatic rings. The van der Waals surface area contributed by atoms with Gasteiger partial charge in [-0.3, -0.25) is 0 Å². The molecule has 0 fully saturated rings. The van der Waals surface area contributed by atoms with Crippen molar-refractivity contribution in [2.45, 2.75) is 6.10 Å². The van der Waals surface area contributed by atoms with E-state index in [1.807, 2.05) is 0 Å². The van der Waals surface area contributed by atoms with Crippen molar-refractivity contribution in [3.8, 4) is 0 Å². The van der Waals surface area contributed by atoms with E-state index >= 15 is 0 Å². The van der Waals surface area contributed by atoms with Gasteiger partial charge in [0.2, 0.25) is 0 Å². The van der Waals surface area contributed by atoms with Gasteiger partial charge in [-0.2, -0.15) is 0 Å². The number of rotatable bonds is 2. The summed E-state index contributed by atoms with van der Waals surface area (Å²) in [5.74, 6) is -8.57. The summed E-state index contributed by atoms with van der Waals surface area (Å²) in [6.45, 7) is 0. The van der Waals surface area contributed by atoms with Crippen LogP contribution in [0.1, 0.15) is 17.2 Å². The SMILES string of the molecule is OC(c1c(F)cc(F)cc1F)c1c(F)cc(F)cc1F. The third-order valence-corrected chi connectivity index (χ3v) is 2.63. The van der Waals surface area contributed by atoms with Gasteiger partial charge in [0, 0.05) is 24.3 Å². The molecule has 0 aromatic heterocycles. The molecule has 106 valence electrons. The van der Waals surface area contributed by atoms with Gasteiger partial charge in [-0.15, -0.1) is 0 Å². The van der Waals surface area contributed by atoms with Crippen molar-refractivity contribution in [2.75, 3.05) is 0 Å². The van der Waals surface area contributed by atoms with Crippen molar-refractivity contribution >= 4 is 0 Å². The Bertz CT molecular complexity index is 566. The smallest absolute Gasteiger partial charge is 0.135 e. The highest BCUT2D eigenvalue weighted by molar-refractivity contribution is 5.34. The molecule has 0 bridgehead atoms. The molecule has 0 amide bonds. The highest BCUT2D eigenvalue weighted by Crippen LogP contribution is 2.31. The molecule has 20 heavy (non-hydrogen) atoms. The molecule has 0 saturated heterocycles. The van der Waals surface area contributed by atoms with Crippen LogP contribution in [0, 0.1) is 34.9 Å². The molecule has 0 saturated carbocycles. The Kier molecular flexibility index (Phi) is 3.71. The molecule has 0 atom stereocenters. The summed E-state index contributed by atoms with van der Waals surface area (Å²) in [5.41, 5.74) is -2.26. The molecule has 1 N–H and O–H groups in total. The number of halogens is 6. The van der Waals surface area contributed by atoms with Crippen LogP contribution in [0.25, 0.3) is 0 Å². The quantitative estimate of drug-likeness (QED) is 0.838. The van der Waals surface area contributed by atoms with Crippen molar-refractivity contribution in [3.63, 3.8) is 0 Å². The van der Waals surface area contributed by atoms with E-state index in [2.05, 4.69) is 0 Å². The monoisotopic (exact) mass is 292 g/mol. The molecule has 0 aliphatic carbocycles. The first-order chi connectivity index (χ1) is 9.31. The minimum atomic E-state index is -2.38. The van der Waals surface area contributed by atoms with E-state index in [4.69, 9.17) is 0 Å². The first-order valence-electron chi connectivity index (χ1n) is 5.28. The Hall–Kier alpha value is -2.02. The van der Waals surface area contributed by atoms with Gasteiger partial charge in [0.1, 0.15) is 41.0 Å². The normalized spacial score (nSPS) is 11.2. The lowest BCUT2D eigenvalue weighted by molar-refractivity contribution is 0.197. The molecule has 0 unspecified atom stereocenters. The van der Waals surface area contributed by atoms with Gasteiger partial charge < -0.3 is 5.11 Å². The lowest BCUT2D eigenvalue weighted by atomic mass is 9.99. The lowest BCUT2D eigenvalue weighted by Crippen LogP contribution is -2.11. The molecular formula is C13H6F6O. The fraction of sp³-hybridized carbons (Fsp3) is 0.0769. The van der Waals surface area contributed by atoms with Gasteiger partial charge in [-0.1, -0.05) is 0 Å². The highest BCUT2D eigenvalue weighted by Gasteiger charge is 2.27. The second kappa shape index (κ2) is 5.16. The summed E-state index contributed by atoms with van der Waals surface area (Å²) in [6.07, 6.45) is -2.38. The van der Waals surface area contributed by atoms with Gasteiger partial charge in [0.15, 0.2) is 0 Å². The highest BCUT2D eigenvalue weighted by atomic mass is 19.2. The Morgan fingerprint density at radius 2 is 0.850 bits per heavy atom. The zero-order valence-corrected chi connectivity index (χ0v) is 9.60. The first-order valence-corrected chi connectivity index (χ1v) is 5.28. The van der Waals surface area contributed by atoms with Crippen LogP contribution in [0.4, 0.5) is 26.3 Å². The van der Waals surface area contributed by atoms with E-state index in [-0.39, 0.29) is 24.3 Å². The van der Waals surface area contributed by atoms with E-state index in [1.54, 1.807) is 0 Å². The average Bonchev–Trinajstić information content (AvgIpc) is 2.25. The fourth-order valence-corrected chi connectivity index (χ4v) is 1.77. The largest absolute Gasteiger partial charge is 0.383 e.